The molecule has 1 amide bonds. The second-order valence-corrected chi connectivity index (χ2v) is 7.65. The van der Waals surface area contributed by atoms with Crippen LogP contribution in [0.5, 0.6) is 5.75 Å². The van der Waals surface area contributed by atoms with E-state index in [4.69, 9.17) is 4.74 Å². The van der Waals surface area contributed by atoms with Gasteiger partial charge in [-0.3, -0.25) is 4.79 Å². The number of thiazole rings is 1. The highest BCUT2D eigenvalue weighted by Crippen LogP contribution is 2.29. The van der Waals surface area contributed by atoms with E-state index in [1.54, 1.807) is 0 Å². The highest BCUT2D eigenvalue weighted by molar-refractivity contribution is 7.17. The van der Waals surface area contributed by atoms with Gasteiger partial charge in [0, 0.05) is 12.6 Å². The molecule has 7 heteroatoms. The maximum absolute atomic E-state index is 12.8. The standard InChI is InChI=1S/C22H22N4O2S/c1-4-28-16-11-9-15(10-12-16)22-24-14(2)20(29-22)21(27)23-13-19-25-17-7-5-6-8-18(17)26(19)3/h5-12H,4,13H2,1-3H3,(H,23,27). The van der Waals surface area contributed by atoms with Gasteiger partial charge in [-0.25, -0.2) is 9.97 Å². The zero-order chi connectivity index (χ0) is 20.4. The fourth-order valence-corrected chi connectivity index (χ4v) is 4.17. The molecule has 4 rings (SSSR count). The summed E-state index contributed by atoms with van der Waals surface area (Å²) in [5, 5.41) is 3.79. The molecule has 4 aromatic rings. The van der Waals surface area contributed by atoms with Gasteiger partial charge in [-0.05, 0) is 50.2 Å². The number of aromatic nitrogens is 3. The van der Waals surface area contributed by atoms with Crippen molar-refractivity contribution in [2.45, 2.75) is 20.4 Å². The largest absolute Gasteiger partial charge is 0.494 e. The SMILES string of the molecule is CCOc1ccc(-c2nc(C)c(C(=O)NCc3nc4ccccc4n3C)s2)cc1. The van der Waals surface area contributed by atoms with Crippen LogP contribution >= 0.6 is 11.3 Å². The van der Waals surface area contributed by atoms with Crippen molar-refractivity contribution in [2.75, 3.05) is 6.61 Å². The van der Waals surface area contributed by atoms with E-state index < -0.39 is 0 Å². The number of carbonyl (C=O) groups is 1. The predicted molar refractivity (Wildman–Crippen MR) is 115 cm³/mol. The van der Waals surface area contributed by atoms with E-state index in [0.717, 1.165) is 38.9 Å². The van der Waals surface area contributed by atoms with Crippen molar-refractivity contribution in [3.05, 3.63) is 64.9 Å². The Morgan fingerprint density at radius 2 is 1.90 bits per heavy atom. The lowest BCUT2D eigenvalue weighted by atomic mass is 10.2. The van der Waals surface area contributed by atoms with Crippen molar-refractivity contribution >= 4 is 28.3 Å². The number of para-hydroxylation sites is 2. The van der Waals surface area contributed by atoms with E-state index in [1.165, 1.54) is 11.3 Å². The van der Waals surface area contributed by atoms with Crippen LogP contribution in [0.4, 0.5) is 0 Å². The molecule has 0 unspecified atom stereocenters. The first-order chi connectivity index (χ1) is 14.1. The van der Waals surface area contributed by atoms with Gasteiger partial charge in [-0.1, -0.05) is 12.1 Å². The smallest absolute Gasteiger partial charge is 0.263 e. The summed E-state index contributed by atoms with van der Waals surface area (Å²) >= 11 is 1.39. The first-order valence-electron chi connectivity index (χ1n) is 9.46. The molecule has 2 aromatic heterocycles. The van der Waals surface area contributed by atoms with Gasteiger partial charge < -0.3 is 14.6 Å². The minimum atomic E-state index is -0.135. The summed E-state index contributed by atoms with van der Waals surface area (Å²) in [4.78, 5) is 22.6. The highest BCUT2D eigenvalue weighted by Gasteiger charge is 2.17. The van der Waals surface area contributed by atoms with E-state index in [-0.39, 0.29) is 5.91 Å². The summed E-state index contributed by atoms with van der Waals surface area (Å²) in [7, 11) is 1.96. The predicted octanol–water partition coefficient (Wildman–Crippen LogP) is 4.33. The van der Waals surface area contributed by atoms with Gasteiger partial charge in [-0.2, -0.15) is 0 Å². The number of imidazole rings is 1. The summed E-state index contributed by atoms with van der Waals surface area (Å²) in [6.45, 7) is 4.81. The van der Waals surface area contributed by atoms with Crippen LogP contribution in [0.15, 0.2) is 48.5 Å². The lowest BCUT2D eigenvalue weighted by molar-refractivity contribution is 0.0953. The Bertz CT molecular complexity index is 1160. The van der Waals surface area contributed by atoms with Gasteiger partial charge in [0.15, 0.2) is 0 Å². The fraction of sp³-hybridized carbons (Fsp3) is 0.227. The third kappa shape index (κ3) is 3.86. The lowest BCUT2D eigenvalue weighted by Crippen LogP contribution is -2.24. The van der Waals surface area contributed by atoms with Crippen LogP contribution in [0.25, 0.3) is 21.6 Å². The molecular formula is C22H22N4O2S. The number of carbonyl (C=O) groups excluding carboxylic acids is 1. The number of hydrogen-bond acceptors (Lipinski definition) is 5. The quantitative estimate of drug-likeness (QED) is 0.517. The first kappa shape index (κ1) is 19.1. The van der Waals surface area contributed by atoms with Crippen LogP contribution in [0, 0.1) is 6.92 Å². The zero-order valence-corrected chi connectivity index (χ0v) is 17.4. The molecule has 1 N–H and O–H groups in total. The van der Waals surface area contributed by atoms with Crippen molar-refractivity contribution in [1.82, 2.24) is 19.9 Å². The van der Waals surface area contributed by atoms with Crippen molar-refractivity contribution in [3.8, 4) is 16.3 Å². The molecule has 0 aliphatic carbocycles. The number of rotatable bonds is 6. The molecule has 0 spiro atoms. The van der Waals surface area contributed by atoms with Crippen molar-refractivity contribution in [3.63, 3.8) is 0 Å². The Labute approximate surface area is 173 Å². The van der Waals surface area contributed by atoms with Crippen LogP contribution in [0.2, 0.25) is 0 Å². The Balaban J connectivity index is 1.49. The van der Waals surface area contributed by atoms with E-state index in [1.807, 2.05) is 74.0 Å². The molecule has 0 saturated heterocycles. The Kier molecular flexibility index (Phi) is 5.31. The highest BCUT2D eigenvalue weighted by atomic mass is 32.1. The van der Waals surface area contributed by atoms with Gasteiger partial charge in [0.1, 0.15) is 21.5 Å². The lowest BCUT2D eigenvalue weighted by Gasteiger charge is -2.04. The maximum Gasteiger partial charge on any atom is 0.263 e. The monoisotopic (exact) mass is 406 g/mol. The van der Waals surface area contributed by atoms with E-state index in [0.29, 0.717) is 18.0 Å². The van der Waals surface area contributed by atoms with Gasteiger partial charge in [0.05, 0.1) is 29.9 Å². The Morgan fingerprint density at radius 1 is 1.14 bits per heavy atom. The number of hydrogen-bond donors (Lipinski definition) is 1. The van der Waals surface area contributed by atoms with Crippen LogP contribution in [0.1, 0.15) is 28.1 Å². The average molecular weight is 407 g/mol. The second kappa shape index (κ2) is 8.05. The summed E-state index contributed by atoms with van der Waals surface area (Å²) in [5.41, 5.74) is 3.66. The molecule has 0 aliphatic heterocycles. The minimum Gasteiger partial charge on any atom is -0.494 e. The number of benzene rings is 2. The number of aryl methyl sites for hydroxylation is 2. The molecule has 0 fully saturated rings. The minimum absolute atomic E-state index is 0.135. The molecule has 29 heavy (non-hydrogen) atoms. The van der Waals surface area contributed by atoms with Crippen LogP contribution in [-0.4, -0.2) is 27.0 Å². The number of nitrogens with zero attached hydrogens (tertiary/aromatic N) is 3. The van der Waals surface area contributed by atoms with Crippen LogP contribution in [-0.2, 0) is 13.6 Å². The molecule has 2 aromatic carbocycles. The second-order valence-electron chi connectivity index (χ2n) is 6.65. The molecule has 0 saturated carbocycles. The summed E-state index contributed by atoms with van der Waals surface area (Å²) < 4.78 is 7.48. The number of nitrogens with one attached hydrogen (secondary N) is 1. The van der Waals surface area contributed by atoms with Gasteiger partial charge in [0.25, 0.3) is 5.91 Å². The van der Waals surface area contributed by atoms with Crippen LogP contribution in [0.3, 0.4) is 0 Å². The first-order valence-corrected chi connectivity index (χ1v) is 10.3. The zero-order valence-electron chi connectivity index (χ0n) is 16.6. The topological polar surface area (TPSA) is 69.0 Å². The van der Waals surface area contributed by atoms with E-state index in [2.05, 4.69) is 15.3 Å². The number of amides is 1. The molecular weight excluding hydrogens is 384 g/mol. The number of fused-ring (bicyclic) bond motifs is 1. The van der Waals surface area contributed by atoms with E-state index in [9.17, 15) is 4.79 Å². The van der Waals surface area contributed by atoms with Gasteiger partial charge >= 0.3 is 0 Å². The van der Waals surface area contributed by atoms with Gasteiger partial charge in [0.2, 0.25) is 0 Å². The average Bonchev–Trinajstić information content (AvgIpc) is 3.27. The van der Waals surface area contributed by atoms with Crippen molar-refractivity contribution < 1.29 is 9.53 Å². The molecule has 0 atom stereocenters. The third-order valence-electron chi connectivity index (χ3n) is 4.70. The molecule has 148 valence electrons. The fourth-order valence-electron chi connectivity index (χ4n) is 3.18. The van der Waals surface area contributed by atoms with Crippen molar-refractivity contribution in [2.24, 2.45) is 7.05 Å². The number of ether oxygens (including phenoxy) is 1. The van der Waals surface area contributed by atoms with Crippen LogP contribution < -0.4 is 10.1 Å². The van der Waals surface area contributed by atoms with Crippen molar-refractivity contribution in [1.29, 1.82) is 0 Å². The van der Waals surface area contributed by atoms with E-state index >= 15 is 0 Å². The maximum atomic E-state index is 12.8. The molecule has 0 radical (unpaired) electrons. The Morgan fingerprint density at radius 3 is 2.62 bits per heavy atom. The third-order valence-corrected chi connectivity index (χ3v) is 5.91. The summed E-state index contributed by atoms with van der Waals surface area (Å²) in [6.07, 6.45) is 0. The molecule has 0 aliphatic rings. The molecule has 0 bridgehead atoms. The van der Waals surface area contributed by atoms with Gasteiger partial charge in [-0.15, -0.1) is 11.3 Å². The summed E-state index contributed by atoms with van der Waals surface area (Å²) in [6, 6.07) is 15.7. The molecule has 2 heterocycles. The summed E-state index contributed by atoms with van der Waals surface area (Å²) in [5.74, 6) is 1.50. The normalized spacial score (nSPS) is 11.0. The Hall–Kier alpha value is -3.19. The molecule has 6 nitrogen and oxygen atoms in total.